The van der Waals surface area contributed by atoms with Crippen molar-refractivity contribution in [1.82, 2.24) is 0 Å². The number of hydrogen-bond donors (Lipinski definition) is 5. The van der Waals surface area contributed by atoms with Crippen LogP contribution < -0.4 is 0 Å². The van der Waals surface area contributed by atoms with Crippen molar-refractivity contribution in [2.45, 2.75) is 417 Å². The number of aliphatic hydroxyl groups is 5. The van der Waals surface area contributed by atoms with Crippen LogP contribution in [-0.4, -0.2) is 142 Å². The lowest BCUT2D eigenvalue weighted by molar-refractivity contribution is -0.381. The molecule has 0 radical (unpaired) electrons. The Bertz CT molecular complexity index is 4380. The van der Waals surface area contributed by atoms with Crippen LogP contribution in [0, 0.1) is 266 Å². The van der Waals surface area contributed by atoms with Crippen LogP contribution in [0.1, 0.15) is 301 Å². The second-order valence-electron chi connectivity index (χ2n) is 55.6. The van der Waals surface area contributed by atoms with Crippen LogP contribution in [0.25, 0.3) is 0 Å². The summed E-state index contributed by atoms with van der Waals surface area (Å²) in [7, 11) is 0. The van der Waals surface area contributed by atoms with Crippen molar-refractivity contribution in [3.05, 3.63) is 0 Å². The highest BCUT2D eigenvalue weighted by Crippen LogP contribution is 2.81. The lowest BCUT2D eigenvalue weighted by Gasteiger charge is -2.50. The third-order valence-corrected chi connectivity index (χ3v) is 48.0. The van der Waals surface area contributed by atoms with Gasteiger partial charge in [-0.15, -0.1) is 0 Å². The molecule has 0 aromatic carbocycles. The van der Waals surface area contributed by atoms with Crippen LogP contribution in [0.2, 0.25) is 0 Å². The largest absolute Gasteiger partial charge is 0.426 e. The number of ether oxygens (including phenoxy) is 2. The van der Waals surface area contributed by atoms with Gasteiger partial charge in [-0.05, 0) is 484 Å². The lowest BCUT2D eigenvalue weighted by atomic mass is 9.55. The molecular weight excluding hydrogens is 1980 g/mol. The molecule has 145 heavy (non-hydrogen) atoms. The van der Waals surface area contributed by atoms with Crippen molar-refractivity contribution in [3.63, 3.8) is 0 Å². The summed E-state index contributed by atoms with van der Waals surface area (Å²) < 4.78 is 368. The van der Waals surface area contributed by atoms with Gasteiger partial charge in [0.2, 0.25) is 0 Å². The minimum atomic E-state index is -6.27. The molecule has 2 heterocycles. The predicted molar refractivity (Wildman–Crippen MR) is 497 cm³/mol. The zero-order valence-corrected chi connectivity index (χ0v) is 89.2. The lowest BCUT2D eigenvalue weighted by Crippen LogP contribution is -2.61. The Morgan fingerprint density at radius 3 is 0.772 bits per heavy atom. The molecule has 52 atom stereocenters. The van der Waals surface area contributed by atoms with E-state index >= 15 is 0 Å². The summed E-state index contributed by atoms with van der Waals surface area (Å²) in [6.45, 7) is 41.8. The van der Waals surface area contributed by atoms with E-state index in [1.54, 1.807) is 41.5 Å². The molecule has 20 fully saturated rings. The van der Waals surface area contributed by atoms with Gasteiger partial charge in [-0.3, -0.25) is 0 Å². The van der Waals surface area contributed by atoms with Crippen molar-refractivity contribution in [2.24, 2.45) is 266 Å². The molecule has 7 nitrogen and oxygen atoms in total. The quantitative estimate of drug-likeness (QED) is 0.0766. The van der Waals surface area contributed by atoms with Gasteiger partial charge in [0.25, 0.3) is 11.2 Å². The topological polar surface area (TPSA) is 120 Å². The van der Waals surface area contributed by atoms with Gasteiger partial charge in [0.15, 0.2) is 28.0 Å². The summed E-state index contributed by atoms with van der Waals surface area (Å²) in [5.41, 5.74) is -23.9. The van der Waals surface area contributed by atoms with Crippen LogP contribution in [0.4, 0.5) is 119 Å². The third-order valence-electron chi connectivity index (χ3n) is 45.9. The fraction of sp³-hybridized carbons (Fsp3) is 1.00. The maximum atomic E-state index is 13.9. The highest BCUT2D eigenvalue weighted by Gasteiger charge is 2.79. The van der Waals surface area contributed by atoms with E-state index in [1.807, 2.05) is 11.8 Å². The number of rotatable bonds is 16. The Morgan fingerprint density at radius 1 is 0.214 bits per heavy atom. The maximum absolute atomic E-state index is 13.9. The van der Waals surface area contributed by atoms with Crippen LogP contribution in [-0.2, 0) is 9.47 Å². The zero-order valence-electron chi connectivity index (χ0n) is 88.4. The molecule has 0 aromatic heterocycles. The van der Waals surface area contributed by atoms with Crippen LogP contribution in [0.15, 0.2) is 0 Å². The number of thioether (sulfide) groups is 1. The summed E-state index contributed by atoms with van der Waals surface area (Å²) >= 11 is 1.83. The second kappa shape index (κ2) is 38.3. The molecule has 0 amide bonds. The first-order valence-electron chi connectivity index (χ1n) is 54.8. The molecular formula is C110H165F27O7S. The van der Waals surface area contributed by atoms with E-state index in [9.17, 15) is 144 Å². The van der Waals surface area contributed by atoms with Crippen LogP contribution >= 0.6 is 11.8 Å². The monoisotopic (exact) mass is 2140 g/mol. The van der Waals surface area contributed by atoms with E-state index in [-0.39, 0.29) is 68.1 Å². The molecule has 20 aliphatic rings. The van der Waals surface area contributed by atoms with E-state index in [0.717, 1.165) is 173 Å². The van der Waals surface area contributed by atoms with E-state index < -0.39 is 154 Å². The molecule has 35 heteroatoms. The van der Waals surface area contributed by atoms with Gasteiger partial charge < -0.3 is 35.0 Å². The van der Waals surface area contributed by atoms with Crippen molar-refractivity contribution in [1.29, 1.82) is 0 Å². The minimum Gasteiger partial charge on any atom is -0.381 e. The number of hydrogen-bond acceptors (Lipinski definition) is 8. The molecule has 20 rings (SSSR count). The van der Waals surface area contributed by atoms with Crippen molar-refractivity contribution in [3.8, 4) is 0 Å². The molecule has 18 bridgehead atoms. The molecule has 18 saturated carbocycles. The second-order valence-corrected chi connectivity index (χ2v) is 57.1. The van der Waals surface area contributed by atoms with Crippen LogP contribution in [0.5, 0.6) is 0 Å². The number of alkyl halides is 27. The van der Waals surface area contributed by atoms with Gasteiger partial charge in [0, 0.05) is 10.5 Å². The third kappa shape index (κ3) is 20.4. The van der Waals surface area contributed by atoms with Crippen molar-refractivity contribution in [2.75, 3.05) is 0 Å². The Balaban J connectivity index is 0.000000132. The Labute approximate surface area is 844 Å². The fourth-order valence-corrected chi connectivity index (χ4v) is 41.2. The highest BCUT2D eigenvalue weighted by atomic mass is 32.2. The van der Waals surface area contributed by atoms with Gasteiger partial charge in [0.1, 0.15) is 0 Å². The molecule has 2 aliphatic heterocycles. The average molecular weight is 2140 g/mol. The normalized spacial score (nSPS) is 47.2. The van der Waals surface area contributed by atoms with Crippen LogP contribution in [0.3, 0.4) is 0 Å². The molecule has 0 spiro atoms. The zero-order chi connectivity index (χ0) is 109. The summed E-state index contributed by atoms with van der Waals surface area (Å²) in [5, 5.41) is 49.2. The first-order chi connectivity index (χ1) is 65.5. The molecule has 842 valence electrons. The first kappa shape index (κ1) is 117. The predicted octanol–water partition coefficient (Wildman–Crippen LogP) is 31.1. The van der Waals surface area contributed by atoms with Gasteiger partial charge >= 0.3 is 55.6 Å². The molecule has 2 saturated heterocycles. The first-order valence-corrected chi connectivity index (χ1v) is 55.7. The number of fused-ring (bicyclic) bond motifs is 39. The summed E-state index contributed by atoms with van der Waals surface area (Å²) in [6, 6.07) is 0. The fourth-order valence-electron chi connectivity index (χ4n) is 39.1. The van der Waals surface area contributed by atoms with E-state index in [2.05, 4.69) is 69.2 Å². The maximum Gasteiger partial charge on any atom is 0.426 e. The molecule has 5 N–H and O–H groups in total. The Hall–Kier alpha value is -1.82. The Kier molecular flexibility index (Phi) is 30.9. The van der Waals surface area contributed by atoms with E-state index in [4.69, 9.17) is 9.47 Å². The van der Waals surface area contributed by atoms with Gasteiger partial charge in [-0.1, -0.05) is 83.1 Å². The molecule has 0 aromatic rings. The van der Waals surface area contributed by atoms with Crippen molar-refractivity contribution < 1.29 is 154 Å². The summed E-state index contributed by atoms with van der Waals surface area (Å²) in [6.07, 6.45) is -35.9. The standard InChI is InChI=1S/C23H33F3O.C22H35F3O.C20H33F3O.C17H20F12O2.C16H25F3O.C12H19F3OS/c1-9-10(2)14-6-13(9)19-16-7-17(20(14)19)21-15-5-11(18(16)21)4-12(15)8-22(3,27)23(24,25)26;1-11-12(2)16-9-15(11)18-13-7-14(17(8-13)19(16)18)10-21(6,22(23,24)25)26-20(3,4)5;1-11-7-15-13-8-14(16(9-13)17(15)12(11)2)10-19(6,20(21,22)23)24-18(3,4)5;1-6-7(2)9-3-8(6)10(4-12(30,14(18,19)20)15(21,22)23)11(9)5-13(31,16(24,25)26)17(27,28)29;1-8-4-12-10-5-11(7-15(3,20)16(17,18)19)13(6-10)14(12)9(8)2;1-6-7(2)10-8(4-9(6)17-10)5-11(3,16)12(13,14)15/h9-21,27H,4-8H2,1-3H3;11-19H,7-10H2,1-6H3;11-17H,7-10H2,1-6H3;6-11,30-31H,3-5H2,1-2H3;8-14,20H,4-7H2,1-3H3;6-10,16H,4-5H2,1-3H3. The van der Waals surface area contributed by atoms with Gasteiger partial charge in [-0.2, -0.15) is 130 Å². The molecule has 18 aliphatic carbocycles. The van der Waals surface area contributed by atoms with Gasteiger partial charge in [-0.25, -0.2) is 0 Å². The smallest absolute Gasteiger partial charge is 0.381 e. The SMILES string of the molecule is CC1C(C)C2CC1C(CC(O)(C(F)(F)F)C(F)(F)F)C2CC(O)(C(F)(F)F)C(F)(F)F.CC1C(C)C2CC1C1C3CC(C4C5CC(CC5CC(C)(O)C(F)(F)F)C34)C21.CC1C(C)C2CC1C1C3CC(CC(C)(OC(C)(C)C)C(F)(F)F)C(C3)C21.CC1C2CC(CC(C)(O)C(F)(F)F)C(S2)C1C.CC1CC2C3CC(CC(C)(O)C(F)(F)F)C(C3)C2C1C.CC1CC2C3CC(CC(C)(OC(C)(C)C)C(F)(F)F)C(C3)C2C1C. The average Bonchev–Trinajstić information content (AvgIpc) is 1.50. The summed E-state index contributed by atoms with van der Waals surface area (Å²) in [5.74, 6) is 17.5. The number of halogens is 27. The minimum absolute atomic E-state index is 0.00725. The van der Waals surface area contributed by atoms with E-state index in [0.29, 0.717) is 111 Å². The van der Waals surface area contributed by atoms with Gasteiger partial charge in [0.05, 0.1) is 11.2 Å². The van der Waals surface area contributed by atoms with E-state index in [1.165, 1.54) is 66.2 Å². The summed E-state index contributed by atoms with van der Waals surface area (Å²) in [4.78, 5) is 0. The Morgan fingerprint density at radius 2 is 0.469 bits per heavy atom. The van der Waals surface area contributed by atoms with Crippen molar-refractivity contribution >= 4 is 11.8 Å². The molecule has 52 unspecified atom stereocenters. The highest BCUT2D eigenvalue weighted by molar-refractivity contribution is 8.01.